The first-order valence-corrected chi connectivity index (χ1v) is 6.58. The number of benzene rings is 1. The minimum atomic E-state index is -3.18. The normalized spacial score (nSPS) is 13.5. The van der Waals surface area contributed by atoms with E-state index in [0.29, 0.717) is 0 Å². The fourth-order valence-electron chi connectivity index (χ4n) is 1.55. The molecule has 0 saturated carbocycles. The lowest BCUT2D eigenvalue weighted by molar-refractivity contribution is -0.143. The number of amides is 1. The van der Waals surface area contributed by atoms with Gasteiger partial charge in [0.15, 0.2) is 0 Å². The maximum Gasteiger partial charge on any atom is 0.387 e. The first kappa shape index (κ1) is 18.0. The number of carbonyl (C=O) groups excluding carboxylic acids is 1. The second kappa shape index (κ2) is 6.78. The van der Waals surface area contributed by atoms with Gasteiger partial charge in [0.05, 0.1) is 16.3 Å². The van der Waals surface area contributed by atoms with Gasteiger partial charge in [-0.15, -0.1) is 0 Å². The molecule has 0 radical (unpaired) electrons. The summed E-state index contributed by atoms with van der Waals surface area (Å²) < 4.78 is 29.0. The van der Waals surface area contributed by atoms with Crippen molar-refractivity contribution in [1.82, 2.24) is 5.32 Å². The van der Waals surface area contributed by atoms with E-state index >= 15 is 0 Å². The number of aliphatic carboxylic acids is 1. The maximum atomic E-state index is 12.4. The van der Waals surface area contributed by atoms with Crippen molar-refractivity contribution in [2.75, 3.05) is 5.73 Å². The van der Waals surface area contributed by atoms with Crippen molar-refractivity contribution < 1.29 is 28.2 Å². The number of ether oxygens (including phenoxy) is 1. The van der Waals surface area contributed by atoms with Gasteiger partial charge in [-0.2, -0.15) is 8.78 Å². The average molecular weight is 337 g/mol. The molecule has 4 N–H and O–H groups in total. The predicted octanol–water partition coefficient (Wildman–Crippen LogP) is 2.51. The van der Waals surface area contributed by atoms with Gasteiger partial charge in [-0.1, -0.05) is 18.5 Å². The number of carboxylic acid groups (broad SMARTS) is 1. The zero-order chi connectivity index (χ0) is 17.1. The highest BCUT2D eigenvalue weighted by Gasteiger charge is 2.34. The maximum absolute atomic E-state index is 12.4. The number of rotatable bonds is 6. The Bertz CT molecular complexity index is 598. The van der Waals surface area contributed by atoms with Gasteiger partial charge < -0.3 is 20.9 Å². The van der Waals surface area contributed by atoms with Crippen LogP contribution in [0.3, 0.4) is 0 Å². The fourth-order valence-corrected chi connectivity index (χ4v) is 1.71. The summed E-state index contributed by atoms with van der Waals surface area (Å²) in [6.07, 6.45) is 0.0851. The van der Waals surface area contributed by atoms with E-state index in [1.165, 1.54) is 6.92 Å². The Morgan fingerprint density at radius 3 is 2.55 bits per heavy atom. The minimum absolute atomic E-state index is 0.0414. The molecule has 1 aromatic rings. The molecule has 6 nitrogen and oxygen atoms in total. The summed E-state index contributed by atoms with van der Waals surface area (Å²) in [6.45, 7) is -0.329. The summed E-state index contributed by atoms with van der Waals surface area (Å²) >= 11 is 5.77. The third-order valence-electron chi connectivity index (χ3n) is 3.13. The largest absolute Gasteiger partial charge is 0.480 e. The lowest BCUT2D eigenvalue weighted by atomic mass is 9.98. The highest BCUT2D eigenvalue weighted by molar-refractivity contribution is 6.33. The monoisotopic (exact) mass is 336 g/mol. The van der Waals surface area contributed by atoms with E-state index < -0.39 is 29.8 Å². The van der Waals surface area contributed by atoms with Crippen LogP contribution in [-0.2, 0) is 4.79 Å². The minimum Gasteiger partial charge on any atom is -0.480 e. The molecule has 1 rings (SSSR count). The van der Waals surface area contributed by atoms with Crippen LogP contribution in [0.1, 0.15) is 30.6 Å². The Hall–Kier alpha value is -2.09. The number of carbonyl (C=O) groups is 2. The van der Waals surface area contributed by atoms with Crippen molar-refractivity contribution in [2.45, 2.75) is 32.4 Å². The number of nitrogens with one attached hydrogen (secondary N) is 1. The predicted molar refractivity (Wildman–Crippen MR) is 76.3 cm³/mol. The smallest absolute Gasteiger partial charge is 0.387 e. The molecule has 0 bridgehead atoms. The molecule has 0 aliphatic rings. The van der Waals surface area contributed by atoms with E-state index in [2.05, 4.69) is 10.1 Å². The Labute approximate surface area is 130 Å². The fraction of sp³-hybridized carbons (Fsp3) is 0.385. The molecule has 0 heterocycles. The van der Waals surface area contributed by atoms with Crippen LogP contribution >= 0.6 is 11.6 Å². The molecule has 122 valence electrons. The lowest BCUT2D eigenvalue weighted by Crippen LogP contribution is -2.51. The van der Waals surface area contributed by atoms with Gasteiger partial charge in [0, 0.05) is 6.07 Å². The van der Waals surface area contributed by atoms with Gasteiger partial charge >= 0.3 is 12.6 Å². The molecule has 1 atom stereocenters. The van der Waals surface area contributed by atoms with Crippen molar-refractivity contribution in [3.8, 4) is 5.75 Å². The highest BCUT2D eigenvalue weighted by Crippen LogP contribution is 2.30. The quantitative estimate of drug-likeness (QED) is 0.693. The van der Waals surface area contributed by atoms with Gasteiger partial charge in [-0.3, -0.25) is 4.79 Å². The molecule has 1 unspecified atom stereocenters. The number of carboxylic acids is 1. The van der Waals surface area contributed by atoms with E-state index in [1.54, 1.807) is 6.92 Å². The molecule has 1 aromatic carbocycles. The van der Waals surface area contributed by atoms with Crippen molar-refractivity contribution >= 4 is 29.2 Å². The van der Waals surface area contributed by atoms with E-state index in [-0.39, 0.29) is 22.7 Å². The number of hydrogen-bond donors (Lipinski definition) is 3. The van der Waals surface area contributed by atoms with Crippen molar-refractivity contribution in [3.05, 3.63) is 22.7 Å². The molecular weight excluding hydrogens is 322 g/mol. The molecule has 0 aromatic heterocycles. The van der Waals surface area contributed by atoms with Crippen LogP contribution in [0.2, 0.25) is 5.02 Å². The summed E-state index contributed by atoms with van der Waals surface area (Å²) in [6, 6.07) is 2.02. The van der Waals surface area contributed by atoms with Gasteiger partial charge in [0.1, 0.15) is 11.3 Å². The molecular formula is C13H15ClF2N2O4. The van der Waals surface area contributed by atoms with Crippen LogP contribution in [0, 0.1) is 0 Å². The highest BCUT2D eigenvalue weighted by atomic mass is 35.5. The summed E-state index contributed by atoms with van der Waals surface area (Å²) in [5, 5.41) is 11.3. The lowest BCUT2D eigenvalue weighted by Gasteiger charge is -2.25. The first-order valence-electron chi connectivity index (χ1n) is 6.20. The topological polar surface area (TPSA) is 102 Å². The number of nitrogen functional groups attached to an aromatic ring is 1. The Balaban J connectivity index is 3.21. The van der Waals surface area contributed by atoms with Gasteiger partial charge in [0.25, 0.3) is 5.91 Å². The molecule has 9 heteroatoms. The summed E-state index contributed by atoms with van der Waals surface area (Å²) in [4.78, 5) is 23.4. The zero-order valence-corrected chi connectivity index (χ0v) is 12.6. The summed E-state index contributed by atoms with van der Waals surface area (Å²) in [5.74, 6) is -2.66. The SMILES string of the molecule is CCC(C)(NC(=O)c1cc(Cl)c(N)cc1OC(F)F)C(=O)O. The number of anilines is 1. The summed E-state index contributed by atoms with van der Waals surface area (Å²) in [7, 11) is 0. The Morgan fingerprint density at radius 1 is 1.50 bits per heavy atom. The number of halogens is 3. The number of hydrogen-bond acceptors (Lipinski definition) is 4. The van der Waals surface area contributed by atoms with Crippen LogP contribution in [0.25, 0.3) is 0 Å². The van der Waals surface area contributed by atoms with Crippen LogP contribution in [0.5, 0.6) is 5.75 Å². The van der Waals surface area contributed by atoms with Crippen LogP contribution in [-0.4, -0.2) is 29.1 Å². The van der Waals surface area contributed by atoms with E-state index in [4.69, 9.17) is 22.4 Å². The zero-order valence-electron chi connectivity index (χ0n) is 11.8. The van der Waals surface area contributed by atoms with Gasteiger partial charge in [0.2, 0.25) is 0 Å². The standard InChI is InChI=1S/C13H15ClF2N2O4/c1-3-13(2,11(20)21)18-10(19)6-4-7(14)8(17)5-9(6)22-12(15)16/h4-5,12H,3,17H2,1-2H3,(H,18,19)(H,20,21). The van der Waals surface area contributed by atoms with E-state index in [0.717, 1.165) is 12.1 Å². The number of alkyl halides is 2. The molecule has 22 heavy (non-hydrogen) atoms. The molecule has 0 fully saturated rings. The van der Waals surface area contributed by atoms with Crippen molar-refractivity contribution in [1.29, 1.82) is 0 Å². The first-order chi connectivity index (χ1) is 10.1. The van der Waals surface area contributed by atoms with Crippen LogP contribution < -0.4 is 15.8 Å². The van der Waals surface area contributed by atoms with Gasteiger partial charge in [-0.05, 0) is 19.4 Å². The molecule has 0 spiro atoms. The van der Waals surface area contributed by atoms with Crippen molar-refractivity contribution in [2.24, 2.45) is 0 Å². The van der Waals surface area contributed by atoms with Crippen LogP contribution in [0.15, 0.2) is 12.1 Å². The third kappa shape index (κ3) is 3.97. The summed E-state index contributed by atoms with van der Waals surface area (Å²) in [5.41, 5.74) is 3.54. The Morgan fingerprint density at radius 2 is 2.09 bits per heavy atom. The molecule has 0 aliphatic heterocycles. The molecule has 0 saturated heterocycles. The third-order valence-corrected chi connectivity index (χ3v) is 3.46. The number of nitrogens with two attached hydrogens (primary N) is 1. The van der Waals surface area contributed by atoms with Crippen molar-refractivity contribution in [3.63, 3.8) is 0 Å². The Kier molecular flexibility index (Phi) is 5.54. The average Bonchev–Trinajstić information content (AvgIpc) is 2.41. The van der Waals surface area contributed by atoms with Crippen LogP contribution in [0.4, 0.5) is 14.5 Å². The van der Waals surface area contributed by atoms with Gasteiger partial charge in [-0.25, -0.2) is 4.79 Å². The van der Waals surface area contributed by atoms with E-state index in [9.17, 15) is 18.4 Å². The molecule has 1 amide bonds. The second-order valence-corrected chi connectivity index (χ2v) is 5.10. The van der Waals surface area contributed by atoms with E-state index in [1.807, 2.05) is 0 Å². The molecule has 0 aliphatic carbocycles. The second-order valence-electron chi connectivity index (χ2n) is 4.69.